The highest BCUT2D eigenvalue weighted by Crippen LogP contribution is 2.24. The van der Waals surface area contributed by atoms with Gasteiger partial charge in [-0.2, -0.15) is 0 Å². The van der Waals surface area contributed by atoms with Gasteiger partial charge in [0.1, 0.15) is 0 Å². The quantitative estimate of drug-likeness (QED) is 0.665. The van der Waals surface area contributed by atoms with Gasteiger partial charge >= 0.3 is 0 Å². The van der Waals surface area contributed by atoms with Crippen LogP contribution in [0, 0.1) is 6.92 Å². The summed E-state index contributed by atoms with van der Waals surface area (Å²) >= 11 is 0. The smallest absolute Gasteiger partial charge is 0.0371 e. The third-order valence-electron chi connectivity index (χ3n) is 4.44. The molecule has 0 bridgehead atoms. The zero-order chi connectivity index (χ0) is 15.2. The van der Waals surface area contributed by atoms with Crippen molar-refractivity contribution >= 4 is 5.69 Å². The van der Waals surface area contributed by atoms with Crippen molar-refractivity contribution in [3.63, 3.8) is 0 Å². The molecule has 0 saturated heterocycles. The minimum atomic E-state index is 0.566. The van der Waals surface area contributed by atoms with Gasteiger partial charge in [0.2, 0.25) is 0 Å². The first-order valence-electron chi connectivity index (χ1n) is 8.71. The van der Waals surface area contributed by atoms with Gasteiger partial charge in [-0.05, 0) is 63.3 Å². The van der Waals surface area contributed by atoms with E-state index in [0.717, 1.165) is 12.6 Å². The maximum absolute atomic E-state index is 3.61. The summed E-state index contributed by atoms with van der Waals surface area (Å²) in [4.78, 5) is 2.54. The van der Waals surface area contributed by atoms with Crippen LogP contribution in [0.3, 0.4) is 0 Å². The lowest BCUT2D eigenvalue weighted by molar-refractivity contribution is 0.625. The van der Waals surface area contributed by atoms with Crippen LogP contribution in [0.2, 0.25) is 0 Å². The first kappa shape index (κ1) is 16.4. The fourth-order valence-corrected chi connectivity index (χ4v) is 2.82. The van der Waals surface area contributed by atoms with Crippen LogP contribution in [0.15, 0.2) is 18.2 Å². The molecule has 0 aromatic heterocycles. The van der Waals surface area contributed by atoms with Crippen LogP contribution in [0.1, 0.15) is 64.0 Å². The second-order valence-corrected chi connectivity index (χ2v) is 6.76. The zero-order valence-electron chi connectivity index (χ0n) is 14.3. The molecule has 0 radical (unpaired) electrons. The summed E-state index contributed by atoms with van der Waals surface area (Å²) in [6.07, 6.45) is 6.62. The summed E-state index contributed by atoms with van der Waals surface area (Å²) < 4.78 is 0. The van der Waals surface area contributed by atoms with Crippen molar-refractivity contribution in [2.75, 3.05) is 11.4 Å². The monoisotopic (exact) mass is 288 g/mol. The third-order valence-corrected chi connectivity index (χ3v) is 4.44. The van der Waals surface area contributed by atoms with Crippen molar-refractivity contribution in [2.24, 2.45) is 0 Å². The molecule has 0 unspecified atom stereocenters. The van der Waals surface area contributed by atoms with Crippen molar-refractivity contribution in [1.29, 1.82) is 0 Å². The third kappa shape index (κ3) is 5.03. The summed E-state index contributed by atoms with van der Waals surface area (Å²) in [5.41, 5.74) is 4.25. The zero-order valence-corrected chi connectivity index (χ0v) is 14.3. The lowest BCUT2D eigenvalue weighted by Gasteiger charge is -2.30. The van der Waals surface area contributed by atoms with Crippen LogP contribution >= 0.6 is 0 Å². The normalized spacial score (nSPS) is 14.7. The van der Waals surface area contributed by atoms with E-state index in [1.54, 1.807) is 0 Å². The Morgan fingerprint density at radius 2 is 2.00 bits per heavy atom. The average molecular weight is 288 g/mol. The Balaban J connectivity index is 2.00. The predicted molar refractivity (Wildman–Crippen MR) is 93.0 cm³/mol. The summed E-state index contributed by atoms with van der Waals surface area (Å²) in [5, 5.41) is 3.61. The lowest BCUT2D eigenvalue weighted by Crippen LogP contribution is -2.31. The minimum absolute atomic E-state index is 0.566. The number of nitrogens with one attached hydrogen (secondary N) is 1. The van der Waals surface area contributed by atoms with Gasteiger partial charge < -0.3 is 10.2 Å². The van der Waals surface area contributed by atoms with Gasteiger partial charge in [0, 0.05) is 30.9 Å². The van der Waals surface area contributed by atoms with Crippen LogP contribution in [-0.2, 0) is 6.54 Å². The average Bonchev–Trinajstić information content (AvgIpc) is 3.26. The van der Waals surface area contributed by atoms with Crippen molar-refractivity contribution < 1.29 is 0 Å². The maximum atomic E-state index is 3.61. The standard InChI is InChI=1S/C19H32N2/c1-5-6-7-12-21(15(2)3)19-11-8-17(16(4)13-19)14-20-18-9-10-18/h8,11,13,15,18,20H,5-7,9-10,12,14H2,1-4H3. The van der Waals surface area contributed by atoms with E-state index in [2.05, 4.69) is 56.1 Å². The number of unbranched alkanes of at least 4 members (excludes halogenated alkanes) is 2. The second-order valence-electron chi connectivity index (χ2n) is 6.76. The molecule has 1 aromatic rings. The molecule has 2 heteroatoms. The summed E-state index contributed by atoms with van der Waals surface area (Å²) in [5.74, 6) is 0. The summed E-state index contributed by atoms with van der Waals surface area (Å²) in [7, 11) is 0. The van der Waals surface area contributed by atoms with Crippen LogP contribution < -0.4 is 10.2 Å². The molecule has 1 fully saturated rings. The molecule has 0 atom stereocenters. The van der Waals surface area contributed by atoms with Crippen LogP contribution in [0.25, 0.3) is 0 Å². The Morgan fingerprint density at radius 3 is 2.57 bits per heavy atom. The van der Waals surface area contributed by atoms with Gasteiger partial charge in [-0.3, -0.25) is 0 Å². The van der Waals surface area contributed by atoms with Crippen molar-refractivity contribution in [3.8, 4) is 0 Å². The highest BCUT2D eigenvalue weighted by Gasteiger charge is 2.20. The molecule has 1 aliphatic carbocycles. The molecule has 2 nitrogen and oxygen atoms in total. The molecule has 118 valence electrons. The van der Waals surface area contributed by atoms with Crippen molar-refractivity contribution in [1.82, 2.24) is 5.32 Å². The number of hydrogen-bond acceptors (Lipinski definition) is 2. The van der Waals surface area contributed by atoms with E-state index >= 15 is 0 Å². The van der Waals surface area contributed by atoms with E-state index < -0.39 is 0 Å². The predicted octanol–water partition coefficient (Wildman–Crippen LogP) is 4.65. The van der Waals surface area contributed by atoms with Crippen molar-refractivity contribution in [2.45, 2.75) is 78.4 Å². The van der Waals surface area contributed by atoms with Crippen molar-refractivity contribution in [3.05, 3.63) is 29.3 Å². The lowest BCUT2D eigenvalue weighted by atomic mass is 10.1. The fourth-order valence-electron chi connectivity index (χ4n) is 2.82. The molecule has 0 spiro atoms. The second kappa shape index (κ2) is 7.84. The molecule has 1 N–H and O–H groups in total. The van der Waals surface area contributed by atoms with Gasteiger partial charge in [0.25, 0.3) is 0 Å². The number of aryl methyl sites for hydroxylation is 1. The highest BCUT2D eigenvalue weighted by molar-refractivity contribution is 5.51. The van der Waals surface area contributed by atoms with Gasteiger partial charge in [-0.1, -0.05) is 25.8 Å². The number of hydrogen-bond donors (Lipinski definition) is 1. The number of nitrogens with zero attached hydrogens (tertiary/aromatic N) is 1. The molecule has 2 rings (SSSR count). The molecule has 1 aromatic carbocycles. The van der Waals surface area contributed by atoms with Gasteiger partial charge in [0.15, 0.2) is 0 Å². The Hall–Kier alpha value is -1.02. The van der Waals surface area contributed by atoms with E-state index in [0.29, 0.717) is 6.04 Å². The van der Waals surface area contributed by atoms with E-state index in [1.807, 2.05) is 0 Å². The molecule has 0 amide bonds. The van der Waals surface area contributed by atoms with E-state index in [9.17, 15) is 0 Å². The SMILES string of the molecule is CCCCCN(c1ccc(CNC2CC2)c(C)c1)C(C)C. The summed E-state index contributed by atoms with van der Waals surface area (Å²) in [6, 6.07) is 8.34. The molecule has 1 saturated carbocycles. The van der Waals surface area contributed by atoms with Crippen LogP contribution in [-0.4, -0.2) is 18.6 Å². The topological polar surface area (TPSA) is 15.3 Å². The van der Waals surface area contributed by atoms with Gasteiger partial charge in [-0.15, -0.1) is 0 Å². The molecular weight excluding hydrogens is 256 g/mol. The Labute approximate surface area is 130 Å². The number of benzene rings is 1. The fraction of sp³-hybridized carbons (Fsp3) is 0.684. The molecular formula is C19H32N2. The first-order valence-corrected chi connectivity index (χ1v) is 8.71. The Bertz CT molecular complexity index is 435. The Kier molecular flexibility index (Phi) is 6.10. The minimum Gasteiger partial charge on any atom is -0.369 e. The van der Waals surface area contributed by atoms with Crippen LogP contribution in [0.5, 0.6) is 0 Å². The van der Waals surface area contributed by atoms with Gasteiger partial charge in [0.05, 0.1) is 0 Å². The van der Waals surface area contributed by atoms with Gasteiger partial charge in [-0.25, -0.2) is 0 Å². The van der Waals surface area contributed by atoms with Crippen LogP contribution in [0.4, 0.5) is 5.69 Å². The Morgan fingerprint density at radius 1 is 1.24 bits per heavy atom. The molecule has 21 heavy (non-hydrogen) atoms. The number of rotatable bonds is 9. The summed E-state index contributed by atoms with van der Waals surface area (Å²) in [6.45, 7) is 11.3. The molecule has 0 aliphatic heterocycles. The largest absolute Gasteiger partial charge is 0.369 e. The highest BCUT2D eigenvalue weighted by atomic mass is 15.1. The van der Waals surface area contributed by atoms with E-state index in [4.69, 9.17) is 0 Å². The maximum Gasteiger partial charge on any atom is 0.0371 e. The first-order chi connectivity index (χ1) is 10.1. The van der Waals surface area contributed by atoms with E-state index in [1.165, 1.54) is 55.5 Å². The van der Waals surface area contributed by atoms with E-state index in [-0.39, 0.29) is 0 Å². The molecule has 0 heterocycles. The molecule has 1 aliphatic rings. The number of anilines is 1.